The standard InChI is InChI=1S/C25H33NO5/c1-21(2,3)25-23(7,8)15-26(20(28)29-22(4,5)6)24(25,30-31-25)19-11-9-10-16-14-17(27)12-13-18(16)19/h9-14,27H,15H2,1-8H3/p-1/t24-,25-/m0/s1. The van der Waals surface area contributed by atoms with Crippen molar-refractivity contribution in [1.29, 1.82) is 0 Å². The first-order valence-corrected chi connectivity index (χ1v) is 10.7. The van der Waals surface area contributed by atoms with Gasteiger partial charge in [-0.25, -0.2) is 9.68 Å². The van der Waals surface area contributed by atoms with Crippen molar-refractivity contribution in [3.05, 3.63) is 42.0 Å². The number of hydrogen-bond donors (Lipinski definition) is 0. The highest BCUT2D eigenvalue weighted by molar-refractivity contribution is 5.88. The predicted octanol–water partition coefficient (Wildman–Crippen LogP) is 5.09. The molecular weight excluding hydrogens is 394 g/mol. The zero-order valence-corrected chi connectivity index (χ0v) is 19.7. The largest absolute Gasteiger partial charge is 0.872 e. The third-order valence-corrected chi connectivity index (χ3v) is 6.54. The van der Waals surface area contributed by atoms with Crippen LogP contribution in [-0.4, -0.2) is 28.7 Å². The van der Waals surface area contributed by atoms with Crippen molar-refractivity contribution in [3.8, 4) is 5.75 Å². The summed E-state index contributed by atoms with van der Waals surface area (Å²) in [5.41, 5.74) is -2.72. The van der Waals surface area contributed by atoms with E-state index in [2.05, 4.69) is 34.6 Å². The fraction of sp³-hybridized carbons (Fsp3) is 0.560. The molecular formula is C25H32NO5-. The molecule has 2 fully saturated rings. The predicted molar refractivity (Wildman–Crippen MR) is 116 cm³/mol. The van der Waals surface area contributed by atoms with E-state index >= 15 is 0 Å². The first-order chi connectivity index (χ1) is 14.2. The lowest BCUT2D eigenvalue weighted by Crippen LogP contribution is -2.75. The molecule has 2 aliphatic rings. The van der Waals surface area contributed by atoms with Crippen molar-refractivity contribution in [2.45, 2.75) is 72.3 Å². The van der Waals surface area contributed by atoms with Gasteiger partial charge in [-0.1, -0.05) is 71.0 Å². The summed E-state index contributed by atoms with van der Waals surface area (Å²) in [6.45, 7) is 16.4. The molecule has 2 aromatic rings. The van der Waals surface area contributed by atoms with Crippen LogP contribution in [0.4, 0.5) is 4.79 Å². The lowest BCUT2D eigenvalue weighted by molar-refractivity contribution is -0.603. The van der Waals surface area contributed by atoms with Gasteiger partial charge in [-0.05, 0) is 31.5 Å². The molecule has 1 amide bonds. The second-order valence-electron chi connectivity index (χ2n) is 11.4. The maximum Gasteiger partial charge on any atom is 0.413 e. The monoisotopic (exact) mass is 426 g/mol. The minimum atomic E-state index is -1.19. The van der Waals surface area contributed by atoms with Gasteiger partial charge in [-0.15, -0.1) is 5.75 Å². The molecule has 0 N–H and O–H groups in total. The second-order valence-corrected chi connectivity index (χ2v) is 11.4. The smallest absolute Gasteiger partial charge is 0.413 e. The molecule has 0 aromatic heterocycles. The summed E-state index contributed by atoms with van der Waals surface area (Å²) in [6, 6.07) is 10.7. The molecule has 0 aliphatic carbocycles. The van der Waals surface area contributed by atoms with Crippen molar-refractivity contribution in [3.63, 3.8) is 0 Å². The molecule has 6 heteroatoms. The van der Waals surface area contributed by atoms with Crippen LogP contribution in [0.25, 0.3) is 10.8 Å². The van der Waals surface area contributed by atoms with Gasteiger partial charge in [-0.3, -0.25) is 4.90 Å². The first-order valence-electron chi connectivity index (χ1n) is 10.7. The molecule has 2 aromatic carbocycles. The highest BCUT2D eigenvalue weighted by Crippen LogP contribution is 2.70. The topological polar surface area (TPSA) is 71.1 Å². The lowest BCUT2D eigenvalue weighted by Gasteiger charge is -2.63. The number of nitrogens with zero attached hydrogens (tertiary/aromatic N) is 1. The van der Waals surface area contributed by atoms with Gasteiger partial charge in [0, 0.05) is 22.9 Å². The minimum absolute atomic E-state index is 0.0641. The molecule has 4 rings (SSSR count). The van der Waals surface area contributed by atoms with Gasteiger partial charge < -0.3 is 9.84 Å². The quantitative estimate of drug-likeness (QED) is 0.594. The van der Waals surface area contributed by atoms with Gasteiger partial charge in [0.15, 0.2) is 5.60 Å². The highest BCUT2D eigenvalue weighted by atomic mass is 17.3. The molecule has 2 saturated heterocycles. The van der Waals surface area contributed by atoms with E-state index in [-0.39, 0.29) is 11.2 Å². The maximum atomic E-state index is 13.5. The van der Waals surface area contributed by atoms with Crippen molar-refractivity contribution in [1.82, 2.24) is 4.90 Å². The molecule has 2 atom stereocenters. The van der Waals surface area contributed by atoms with Gasteiger partial charge in [0.05, 0.1) is 0 Å². The molecule has 0 spiro atoms. The molecule has 31 heavy (non-hydrogen) atoms. The molecule has 0 bridgehead atoms. The summed E-state index contributed by atoms with van der Waals surface area (Å²) < 4.78 is 5.80. The molecule has 0 radical (unpaired) electrons. The lowest BCUT2D eigenvalue weighted by atomic mass is 9.57. The van der Waals surface area contributed by atoms with Crippen LogP contribution in [0.2, 0.25) is 0 Å². The Hall–Kier alpha value is -2.31. The number of hydrogen-bond acceptors (Lipinski definition) is 5. The minimum Gasteiger partial charge on any atom is -0.872 e. The Bertz CT molecular complexity index is 1050. The Labute approximate surface area is 184 Å². The van der Waals surface area contributed by atoms with Crippen molar-refractivity contribution < 1.29 is 24.4 Å². The number of likely N-dealkylation sites (tertiary alicyclic amines) is 1. The third-order valence-electron chi connectivity index (χ3n) is 6.54. The van der Waals surface area contributed by atoms with E-state index in [1.807, 2.05) is 39.0 Å². The number of ether oxygens (including phenoxy) is 1. The van der Waals surface area contributed by atoms with E-state index in [4.69, 9.17) is 14.5 Å². The summed E-state index contributed by atoms with van der Waals surface area (Å²) in [7, 11) is 0. The molecule has 0 unspecified atom stereocenters. The Morgan fingerprint density at radius 2 is 1.74 bits per heavy atom. The normalized spacial score (nSPS) is 27.7. The summed E-state index contributed by atoms with van der Waals surface area (Å²) in [6.07, 6.45) is -0.451. The summed E-state index contributed by atoms with van der Waals surface area (Å²) in [5.74, 6) is -0.0641. The summed E-state index contributed by atoms with van der Waals surface area (Å²) >= 11 is 0. The fourth-order valence-electron chi connectivity index (χ4n) is 5.72. The second kappa shape index (κ2) is 6.36. The van der Waals surface area contributed by atoms with E-state index in [1.54, 1.807) is 23.1 Å². The Morgan fingerprint density at radius 3 is 2.29 bits per heavy atom. The van der Waals surface area contributed by atoms with E-state index < -0.39 is 28.4 Å². The fourth-order valence-corrected chi connectivity index (χ4v) is 5.72. The number of rotatable bonds is 1. The van der Waals surface area contributed by atoms with Crippen molar-refractivity contribution >= 4 is 16.9 Å². The van der Waals surface area contributed by atoms with Gasteiger partial charge in [0.2, 0.25) is 5.72 Å². The summed E-state index contributed by atoms with van der Waals surface area (Å²) in [5, 5.41) is 13.6. The van der Waals surface area contributed by atoms with Crippen LogP contribution in [0, 0.1) is 10.8 Å². The number of carbonyl (C=O) groups excluding carboxylic acids is 1. The van der Waals surface area contributed by atoms with Gasteiger partial charge >= 0.3 is 6.09 Å². The summed E-state index contributed by atoms with van der Waals surface area (Å²) in [4.78, 5) is 27.2. The highest BCUT2D eigenvalue weighted by Gasteiger charge is 2.84. The number of amides is 1. The molecule has 2 heterocycles. The number of carbonyl (C=O) groups is 1. The average molecular weight is 427 g/mol. The van der Waals surface area contributed by atoms with Crippen LogP contribution in [0.15, 0.2) is 36.4 Å². The van der Waals surface area contributed by atoms with Gasteiger partial charge in [0.1, 0.15) is 5.60 Å². The third kappa shape index (κ3) is 2.81. The van der Waals surface area contributed by atoms with E-state index in [9.17, 15) is 9.90 Å². The molecule has 0 saturated carbocycles. The van der Waals surface area contributed by atoms with Crippen LogP contribution in [0.1, 0.15) is 61.0 Å². The van der Waals surface area contributed by atoms with Crippen molar-refractivity contribution in [2.75, 3.05) is 6.54 Å². The Morgan fingerprint density at radius 1 is 1.06 bits per heavy atom. The molecule has 168 valence electrons. The first kappa shape index (κ1) is 21.9. The van der Waals surface area contributed by atoms with E-state index in [0.717, 1.165) is 16.3 Å². The zero-order chi connectivity index (χ0) is 23.0. The average Bonchev–Trinajstić information content (AvgIpc) is 2.71. The van der Waals surface area contributed by atoms with Crippen molar-refractivity contribution in [2.24, 2.45) is 10.8 Å². The van der Waals surface area contributed by atoms with Crippen LogP contribution < -0.4 is 5.11 Å². The van der Waals surface area contributed by atoms with Crippen LogP contribution in [-0.2, 0) is 20.2 Å². The Kier molecular flexibility index (Phi) is 4.49. The van der Waals surface area contributed by atoms with E-state index in [0.29, 0.717) is 6.54 Å². The zero-order valence-electron chi connectivity index (χ0n) is 19.7. The van der Waals surface area contributed by atoms with E-state index in [1.165, 1.54) is 0 Å². The molecule has 2 aliphatic heterocycles. The molecule has 6 nitrogen and oxygen atoms in total. The van der Waals surface area contributed by atoms with Crippen LogP contribution in [0.5, 0.6) is 5.75 Å². The number of benzene rings is 2. The Balaban J connectivity index is 2.02. The van der Waals surface area contributed by atoms with Gasteiger partial charge in [-0.2, -0.15) is 4.89 Å². The van der Waals surface area contributed by atoms with Crippen LogP contribution in [0.3, 0.4) is 0 Å². The SMILES string of the molecule is CC(C)(C)OC(=O)N1CC(C)(C)[C@]2(C(C)(C)C)OO[C@]12c1cccc2cc([O-])ccc12. The van der Waals surface area contributed by atoms with Crippen LogP contribution >= 0.6 is 0 Å². The number of fused-ring (bicyclic) bond motifs is 2. The van der Waals surface area contributed by atoms with Gasteiger partial charge in [0.25, 0.3) is 0 Å². The maximum absolute atomic E-state index is 13.5.